The van der Waals surface area contributed by atoms with Crippen LogP contribution in [0, 0.1) is 13.8 Å². The molecule has 5 nitrogen and oxygen atoms in total. The number of aromatic nitrogens is 2. The zero-order valence-corrected chi connectivity index (χ0v) is 20.3. The lowest BCUT2D eigenvalue weighted by Gasteiger charge is -2.12. The van der Waals surface area contributed by atoms with Gasteiger partial charge < -0.3 is 14.6 Å². The number of hydrogen-bond acceptors (Lipinski definition) is 3. The van der Waals surface area contributed by atoms with Gasteiger partial charge in [0, 0.05) is 19.5 Å². The number of imidazole rings is 1. The molecule has 1 amide bonds. The molecule has 0 spiro atoms. The van der Waals surface area contributed by atoms with Crippen LogP contribution in [0.25, 0.3) is 11.0 Å². The number of nitrogens with zero attached hydrogens (tertiary/aromatic N) is 2. The van der Waals surface area contributed by atoms with Crippen LogP contribution >= 0.6 is 0 Å². The molecule has 0 saturated carbocycles. The SMILES string of the molecule is C/C=C/C(=O)NCCCCCc1nc2ccccc2n1CCCCOc1cccc(C)c1C. The number of ether oxygens (including phenoxy) is 1. The minimum Gasteiger partial charge on any atom is -0.493 e. The molecule has 0 bridgehead atoms. The van der Waals surface area contributed by atoms with Crippen molar-refractivity contribution in [3.05, 3.63) is 71.6 Å². The molecule has 0 unspecified atom stereocenters. The number of amides is 1. The Morgan fingerprint density at radius 1 is 1.03 bits per heavy atom. The largest absolute Gasteiger partial charge is 0.493 e. The number of unbranched alkanes of at least 4 members (excludes halogenated alkanes) is 3. The van der Waals surface area contributed by atoms with Crippen LogP contribution in [0.5, 0.6) is 5.75 Å². The summed E-state index contributed by atoms with van der Waals surface area (Å²) < 4.78 is 8.41. The summed E-state index contributed by atoms with van der Waals surface area (Å²) >= 11 is 0. The van der Waals surface area contributed by atoms with Gasteiger partial charge in [0.05, 0.1) is 17.6 Å². The highest BCUT2D eigenvalue weighted by Crippen LogP contribution is 2.21. The Kier molecular flexibility index (Phi) is 9.55. The average molecular weight is 448 g/mol. The molecule has 1 heterocycles. The molecule has 0 atom stereocenters. The molecular formula is C28H37N3O2. The number of carbonyl (C=O) groups excluding carboxylic acids is 1. The van der Waals surface area contributed by atoms with Gasteiger partial charge in [-0.05, 0) is 81.9 Å². The Morgan fingerprint density at radius 2 is 1.88 bits per heavy atom. The van der Waals surface area contributed by atoms with E-state index in [0.29, 0.717) is 0 Å². The smallest absolute Gasteiger partial charge is 0.243 e. The van der Waals surface area contributed by atoms with Crippen molar-refractivity contribution in [3.63, 3.8) is 0 Å². The van der Waals surface area contributed by atoms with Gasteiger partial charge in [-0.2, -0.15) is 0 Å². The Hall–Kier alpha value is -3.08. The number of benzene rings is 2. The number of carbonyl (C=O) groups is 1. The van der Waals surface area contributed by atoms with E-state index in [4.69, 9.17) is 9.72 Å². The lowest BCUT2D eigenvalue weighted by molar-refractivity contribution is -0.116. The van der Waals surface area contributed by atoms with Crippen molar-refractivity contribution in [2.24, 2.45) is 0 Å². The number of fused-ring (bicyclic) bond motifs is 1. The summed E-state index contributed by atoms with van der Waals surface area (Å²) in [6.07, 6.45) is 9.46. The minimum absolute atomic E-state index is 0.0131. The highest BCUT2D eigenvalue weighted by molar-refractivity contribution is 5.87. The van der Waals surface area contributed by atoms with E-state index < -0.39 is 0 Å². The molecule has 0 radical (unpaired) electrons. The molecule has 3 aromatic rings. The maximum absolute atomic E-state index is 11.5. The molecule has 2 aromatic carbocycles. The van der Waals surface area contributed by atoms with Crippen molar-refractivity contribution in [1.82, 2.24) is 14.9 Å². The van der Waals surface area contributed by atoms with E-state index in [1.807, 2.05) is 6.92 Å². The maximum atomic E-state index is 11.5. The van der Waals surface area contributed by atoms with Crippen molar-refractivity contribution in [1.29, 1.82) is 0 Å². The Morgan fingerprint density at radius 3 is 2.73 bits per heavy atom. The van der Waals surface area contributed by atoms with Crippen LogP contribution < -0.4 is 10.1 Å². The van der Waals surface area contributed by atoms with E-state index in [1.54, 1.807) is 12.2 Å². The van der Waals surface area contributed by atoms with Gasteiger partial charge >= 0.3 is 0 Å². The summed E-state index contributed by atoms with van der Waals surface area (Å²) in [6.45, 7) is 8.48. The van der Waals surface area contributed by atoms with Gasteiger partial charge in [-0.3, -0.25) is 4.79 Å². The first-order chi connectivity index (χ1) is 16.1. The zero-order valence-electron chi connectivity index (χ0n) is 20.3. The van der Waals surface area contributed by atoms with Gasteiger partial charge in [-0.1, -0.05) is 36.8 Å². The summed E-state index contributed by atoms with van der Waals surface area (Å²) in [7, 11) is 0. The number of para-hydroxylation sites is 2. The second kappa shape index (κ2) is 12.8. The van der Waals surface area contributed by atoms with Crippen molar-refractivity contribution in [2.75, 3.05) is 13.2 Å². The van der Waals surface area contributed by atoms with Crippen LogP contribution in [0.2, 0.25) is 0 Å². The van der Waals surface area contributed by atoms with E-state index >= 15 is 0 Å². The van der Waals surface area contributed by atoms with Crippen LogP contribution in [-0.4, -0.2) is 28.6 Å². The molecule has 0 aliphatic carbocycles. The third kappa shape index (κ3) is 7.21. The second-order valence-electron chi connectivity index (χ2n) is 8.52. The first-order valence-electron chi connectivity index (χ1n) is 12.1. The second-order valence-corrected chi connectivity index (χ2v) is 8.52. The van der Waals surface area contributed by atoms with E-state index in [-0.39, 0.29) is 5.91 Å². The van der Waals surface area contributed by atoms with E-state index in [9.17, 15) is 4.79 Å². The van der Waals surface area contributed by atoms with Crippen LogP contribution in [0.1, 0.15) is 56.0 Å². The van der Waals surface area contributed by atoms with E-state index in [2.05, 4.69) is 66.2 Å². The van der Waals surface area contributed by atoms with Crippen LogP contribution in [0.3, 0.4) is 0 Å². The maximum Gasteiger partial charge on any atom is 0.243 e. The average Bonchev–Trinajstić information content (AvgIpc) is 3.16. The molecule has 176 valence electrons. The highest BCUT2D eigenvalue weighted by Gasteiger charge is 2.10. The third-order valence-corrected chi connectivity index (χ3v) is 6.02. The summed E-state index contributed by atoms with van der Waals surface area (Å²) in [6, 6.07) is 14.6. The quantitative estimate of drug-likeness (QED) is 0.261. The third-order valence-electron chi connectivity index (χ3n) is 6.02. The fraction of sp³-hybridized carbons (Fsp3) is 0.429. The van der Waals surface area contributed by atoms with Crippen LogP contribution in [0.15, 0.2) is 54.6 Å². The molecule has 0 aliphatic rings. The number of allylic oxidation sites excluding steroid dienone is 1. The van der Waals surface area contributed by atoms with Crippen molar-refractivity contribution >= 4 is 16.9 Å². The van der Waals surface area contributed by atoms with Crippen molar-refractivity contribution in [3.8, 4) is 5.75 Å². The van der Waals surface area contributed by atoms with Crippen molar-refractivity contribution < 1.29 is 9.53 Å². The van der Waals surface area contributed by atoms with Gasteiger partial charge in [-0.25, -0.2) is 4.98 Å². The van der Waals surface area contributed by atoms with Crippen molar-refractivity contribution in [2.45, 2.75) is 65.8 Å². The number of rotatable bonds is 13. The molecule has 33 heavy (non-hydrogen) atoms. The van der Waals surface area contributed by atoms with Crippen LogP contribution in [0.4, 0.5) is 0 Å². The Balaban J connectivity index is 1.48. The number of hydrogen-bond donors (Lipinski definition) is 1. The Labute approximate surface area is 197 Å². The molecule has 5 heteroatoms. The normalized spacial score (nSPS) is 11.4. The zero-order chi connectivity index (χ0) is 23.5. The molecular weight excluding hydrogens is 410 g/mol. The predicted octanol–water partition coefficient (Wildman–Crippen LogP) is 5.92. The topological polar surface area (TPSA) is 56.2 Å². The molecule has 0 saturated heterocycles. The Bertz CT molecular complexity index is 1070. The van der Waals surface area contributed by atoms with Crippen LogP contribution in [-0.2, 0) is 17.8 Å². The van der Waals surface area contributed by atoms with Gasteiger partial charge in [0.1, 0.15) is 11.6 Å². The molecule has 3 rings (SSSR count). The summed E-state index contributed by atoms with van der Waals surface area (Å²) in [5.74, 6) is 2.14. The number of nitrogens with one attached hydrogen (secondary N) is 1. The van der Waals surface area contributed by atoms with Gasteiger partial charge in [0.25, 0.3) is 0 Å². The predicted molar refractivity (Wildman–Crippen MR) is 136 cm³/mol. The minimum atomic E-state index is -0.0131. The molecule has 0 fully saturated rings. The lowest BCUT2D eigenvalue weighted by Crippen LogP contribution is -2.21. The molecule has 1 N–H and O–H groups in total. The summed E-state index contributed by atoms with van der Waals surface area (Å²) in [5, 5.41) is 2.91. The standard InChI is InChI=1S/C28H37N3O2/c1-4-13-28(32)29-19-9-5-6-18-27-30-24-15-7-8-16-25(24)31(27)20-10-11-21-33-26-17-12-14-22(2)23(26)3/h4,7-8,12-17H,5-6,9-11,18-21H2,1-3H3,(H,29,32)/b13-4+. The molecule has 0 aliphatic heterocycles. The van der Waals surface area contributed by atoms with Gasteiger partial charge in [0.2, 0.25) is 5.91 Å². The fourth-order valence-corrected chi connectivity index (χ4v) is 4.01. The van der Waals surface area contributed by atoms with Gasteiger partial charge in [0.15, 0.2) is 0 Å². The van der Waals surface area contributed by atoms with Gasteiger partial charge in [-0.15, -0.1) is 0 Å². The highest BCUT2D eigenvalue weighted by atomic mass is 16.5. The summed E-state index contributed by atoms with van der Waals surface area (Å²) in [4.78, 5) is 16.4. The van der Waals surface area contributed by atoms with E-state index in [1.165, 1.54) is 16.6 Å². The van der Waals surface area contributed by atoms with E-state index in [0.717, 1.165) is 75.3 Å². The lowest BCUT2D eigenvalue weighted by atomic mass is 10.1. The fourth-order valence-electron chi connectivity index (χ4n) is 4.01. The first-order valence-corrected chi connectivity index (χ1v) is 12.1. The first kappa shape index (κ1) is 24.6. The molecule has 1 aromatic heterocycles. The number of aryl methyl sites for hydroxylation is 3. The summed E-state index contributed by atoms with van der Waals surface area (Å²) in [5.41, 5.74) is 4.77. The monoisotopic (exact) mass is 447 g/mol.